The van der Waals surface area contributed by atoms with Crippen LogP contribution in [-0.2, 0) is 0 Å². The number of phenolic OH excluding ortho intramolecular Hbond substituents is 1. The summed E-state index contributed by atoms with van der Waals surface area (Å²) in [5, 5.41) is 16.5. The minimum absolute atomic E-state index is 0.132. The molecule has 0 amide bonds. The predicted molar refractivity (Wildman–Crippen MR) is 77.4 cm³/mol. The Hall–Kier alpha value is -2.89. The lowest BCUT2D eigenvalue weighted by molar-refractivity contribution is 0.414. The first-order chi connectivity index (χ1) is 9.65. The van der Waals surface area contributed by atoms with Gasteiger partial charge in [0.05, 0.1) is 7.11 Å². The van der Waals surface area contributed by atoms with Gasteiger partial charge in [-0.3, -0.25) is 10.4 Å². The molecule has 0 atom stereocenters. The Morgan fingerprint density at radius 2 is 2.20 bits per heavy atom. The van der Waals surface area contributed by atoms with Crippen LogP contribution in [0.4, 0.5) is 0 Å². The second kappa shape index (κ2) is 5.83. The third-order valence-electron chi connectivity index (χ3n) is 2.73. The Morgan fingerprint density at radius 1 is 1.40 bits per heavy atom. The van der Waals surface area contributed by atoms with Crippen molar-refractivity contribution in [3.05, 3.63) is 42.2 Å². The van der Waals surface area contributed by atoms with Crippen LogP contribution in [0.2, 0.25) is 0 Å². The van der Waals surface area contributed by atoms with Crippen molar-refractivity contribution < 1.29 is 9.84 Å². The van der Waals surface area contributed by atoms with E-state index in [1.54, 1.807) is 43.8 Å². The van der Waals surface area contributed by atoms with E-state index in [1.165, 1.54) is 0 Å². The van der Waals surface area contributed by atoms with Gasteiger partial charge in [-0.25, -0.2) is 4.99 Å². The first-order valence-corrected chi connectivity index (χ1v) is 5.80. The normalized spacial score (nSPS) is 11.2. The molecule has 4 N–H and O–H groups in total. The van der Waals surface area contributed by atoms with E-state index in [0.29, 0.717) is 16.9 Å². The maximum absolute atomic E-state index is 9.60. The van der Waals surface area contributed by atoms with E-state index in [4.69, 9.17) is 15.9 Å². The molecule has 0 unspecified atom stereocenters. The number of aromatic nitrogens is 1. The summed E-state index contributed by atoms with van der Waals surface area (Å²) in [5.74, 6) is 0.949. The fraction of sp³-hybridized carbons (Fsp3) is 0.0714. The number of hydrogen-bond donors (Lipinski definition) is 3. The summed E-state index contributed by atoms with van der Waals surface area (Å²) in [6.07, 6.45) is 4.07. The van der Waals surface area contributed by atoms with Crippen molar-refractivity contribution in [2.75, 3.05) is 7.11 Å². The molecule has 0 saturated carbocycles. The number of nitrogens with two attached hydrogens (primary N) is 1. The van der Waals surface area contributed by atoms with Gasteiger partial charge in [0, 0.05) is 29.1 Å². The molecule has 1 aromatic heterocycles. The Morgan fingerprint density at radius 3 is 2.90 bits per heavy atom. The second-order valence-corrected chi connectivity index (χ2v) is 3.99. The van der Waals surface area contributed by atoms with Gasteiger partial charge in [-0.15, -0.1) is 0 Å². The lowest BCUT2D eigenvalue weighted by Crippen LogP contribution is -2.13. The van der Waals surface area contributed by atoms with Gasteiger partial charge in [-0.2, -0.15) is 0 Å². The fourth-order valence-corrected chi connectivity index (χ4v) is 1.79. The Kier molecular flexibility index (Phi) is 3.95. The minimum Gasteiger partial charge on any atom is -0.508 e. The second-order valence-electron chi connectivity index (χ2n) is 3.99. The molecule has 0 aliphatic rings. The maximum atomic E-state index is 9.60. The standard InChI is InChI=1S/C14H14N4O2/c1-20-13-3-2-11(19)5-12(13)9-4-10(7-17-6-9)14(16)18-8-15/h2-8,19H,1H3,(H3,15,16,18). The first-order valence-electron chi connectivity index (χ1n) is 5.80. The SMILES string of the molecule is COc1ccc(O)cc1-c1cncc(C(N)=NC=N)c1. The first kappa shape index (κ1) is 13.5. The summed E-state index contributed by atoms with van der Waals surface area (Å²) in [6.45, 7) is 0. The van der Waals surface area contributed by atoms with Crippen LogP contribution >= 0.6 is 0 Å². The van der Waals surface area contributed by atoms with Crippen molar-refractivity contribution in [3.63, 3.8) is 0 Å². The molecule has 6 heteroatoms. The molecule has 0 aliphatic carbocycles. The highest BCUT2D eigenvalue weighted by Gasteiger charge is 2.09. The summed E-state index contributed by atoms with van der Waals surface area (Å²) < 4.78 is 5.27. The topological polar surface area (TPSA) is 105 Å². The quantitative estimate of drug-likeness (QED) is 0.581. The third-order valence-corrected chi connectivity index (χ3v) is 2.73. The Bertz CT molecular complexity index is 668. The largest absolute Gasteiger partial charge is 0.508 e. The molecular weight excluding hydrogens is 256 g/mol. The van der Waals surface area contributed by atoms with Gasteiger partial charge in [-0.1, -0.05) is 0 Å². The van der Waals surface area contributed by atoms with Gasteiger partial charge in [0.25, 0.3) is 0 Å². The zero-order valence-corrected chi connectivity index (χ0v) is 10.9. The molecule has 0 bridgehead atoms. The highest BCUT2D eigenvalue weighted by Crippen LogP contribution is 2.32. The lowest BCUT2D eigenvalue weighted by atomic mass is 10.0. The van der Waals surface area contributed by atoms with E-state index in [2.05, 4.69) is 9.98 Å². The van der Waals surface area contributed by atoms with Crippen LogP contribution in [0.3, 0.4) is 0 Å². The van der Waals surface area contributed by atoms with Crippen LogP contribution in [0.15, 0.2) is 41.7 Å². The highest BCUT2D eigenvalue weighted by atomic mass is 16.5. The van der Waals surface area contributed by atoms with Crippen molar-refractivity contribution in [3.8, 4) is 22.6 Å². The van der Waals surface area contributed by atoms with Crippen LogP contribution in [0.1, 0.15) is 5.56 Å². The number of amidine groups is 1. The number of ether oxygens (including phenoxy) is 1. The average molecular weight is 270 g/mol. The molecule has 20 heavy (non-hydrogen) atoms. The molecule has 0 aliphatic heterocycles. The van der Waals surface area contributed by atoms with E-state index in [-0.39, 0.29) is 11.6 Å². The number of aliphatic imine (C=N–C) groups is 1. The van der Waals surface area contributed by atoms with Crippen LogP contribution in [0.25, 0.3) is 11.1 Å². The summed E-state index contributed by atoms with van der Waals surface area (Å²) in [5.41, 5.74) is 7.76. The van der Waals surface area contributed by atoms with E-state index in [1.807, 2.05) is 0 Å². The summed E-state index contributed by atoms with van der Waals surface area (Å²) >= 11 is 0. The minimum atomic E-state index is 0.132. The van der Waals surface area contributed by atoms with Gasteiger partial charge in [0.15, 0.2) is 0 Å². The molecule has 6 nitrogen and oxygen atoms in total. The number of pyridine rings is 1. The van der Waals surface area contributed by atoms with Gasteiger partial charge in [0.1, 0.15) is 23.7 Å². The number of hydrogen-bond acceptors (Lipinski definition) is 4. The van der Waals surface area contributed by atoms with Gasteiger partial charge in [0.2, 0.25) is 0 Å². The number of benzene rings is 1. The lowest BCUT2D eigenvalue weighted by Gasteiger charge is -2.10. The third kappa shape index (κ3) is 2.74. The highest BCUT2D eigenvalue weighted by molar-refractivity contribution is 6.01. The molecule has 0 radical (unpaired) electrons. The Balaban J connectivity index is 2.54. The molecule has 0 fully saturated rings. The van der Waals surface area contributed by atoms with E-state index >= 15 is 0 Å². The summed E-state index contributed by atoms with van der Waals surface area (Å²) in [7, 11) is 1.55. The number of nitrogens with one attached hydrogen (secondary N) is 1. The van der Waals surface area contributed by atoms with Crippen molar-refractivity contribution in [1.29, 1.82) is 5.41 Å². The molecule has 1 heterocycles. The van der Waals surface area contributed by atoms with E-state index in [9.17, 15) is 5.11 Å². The molecular formula is C14H14N4O2. The van der Waals surface area contributed by atoms with Crippen LogP contribution in [0.5, 0.6) is 11.5 Å². The molecule has 0 saturated heterocycles. The van der Waals surface area contributed by atoms with Crippen LogP contribution < -0.4 is 10.5 Å². The number of aromatic hydroxyl groups is 1. The van der Waals surface area contributed by atoms with E-state index < -0.39 is 0 Å². The van der Waals surface area contributed by atoms with Gasteiger partial charge in [-0.05, 0) is 24.3 Å². The predicted octanol–water partition coefficient (Wildman–Crippen LogP) is 1.78. The van der Waals surface area contributed by atoms with Gasteiger partial charge < -0.3 is 15.6 Å². The van der Waals surface area contributed by atoms with E-state index in [0.717, 1.165) is 11.9 Å². The van der Waals surface area contributed by atoms with Crippen LogP contribution in [-0.4, -0.2) is 29.4 Å². The average Bonchev–Trinajstić information content (AvgIpc) is 2.47. The molecule has 0 spiro atoms. The van der Waals surface area contributed by atoms with Gasteiger partial charge >= 0.3 is 0 Å². The molecule has 102 valence electrons. The van der Waals surface area contributed by atoms with Crippen molar-refractivity contribution in [2.45, 2.75) is 0 Å². The maximum Gasteiger partial charge on any atom is 0.134 e. The Labute approximate surface area is 116 Å². The monoisotopic (exact) mass is 270 g/mol. The van der Waals surface area contributed by atoms with Crippen molar-refractivity contribution >= 4 is 12.2 Å². The molecule has 2 aromatic rings. The number of phenols is 1. The van der Waals surface area contributed by atoms with Crippen molar-refractivity contribution in [2.24, 2.45) is 10.7 Å². The van der Waals surface area contributed by atoms with Crippen molar-refractivity contribution in [1.82, 2.24) is 4.98 Å². The zero-order chi connectivity index (χ0) is 14.5. The summed E-state index contributed by atoms with van der Waals surface area (Å²) in [4.78, 5) is 7.80. The number of rotatable bonds is 4. The smallest absolute Gasteiger partial charge is 0.134 e. The van der Waals surface area contributed by atoms with Crippen LogP contribution in [0, 0.1) is 5.41 Å². The molecule has 2 rings (SSSR count). The fourth-order valence-electron chi connectivity index (χ4n) is 1.79. The number of methoxy groups -OCH3 is 1. The zero-order valence-electron chi connectivity index (χ0n) is 10.9. The number of nitrogens with zero attached hydrogens (tertiary/aromatic N) is 2. The summed E-state index contributed by atoms with van der Waals surface area (Å²) in [6, 6.07) is 6.58. The molecule has 1 aromatic carbocycles.